The van der Waals surface area contributed by atoms with Crippen LogP contribution in [0.25, 0.3) is 0 Å². The Morgan fingerprint density at radius 1 is 0.929 bits per heavy atom. The monoisotopic (exact) mass is 210 g/mol. The lowest BCUT2D eigenvalue weighted by Crippen LogP contribution is -2.35. The van der Waals surface area contributed by atoms with Gasteiger partial charge in [0.2, 0.25) is 0 Å². The van der Waals surface area contributed by atoms with E-state index in [1.165, 1.54) is 0 Å². The maximum absolute atomic E-state index is 12.8. The molecule has 0 radical (unpaired) electrons. The third kappa shape index (κ3) is 3.50. The first-order valence-corrected chi connectivity index (χ1v) is 5.45. The highest BCUT2D eigenvalue weighted by Crippen LogP contribution is 2.41. The van der Waals surface area contributed by atoms with Gasteiger partial charge in [0.25, 0.3) is 0 Å². The highest BCUT2D eigenvalue weighted by molar-refractivity contribution is 4.78. The fraction of sp³-hybridized carbons (Fsp3) is 1.00. The molecule has 2 atom stereocenters. The predicted molar refractivity (Wildman–Crippen MR) is 53.1 cm³/mol. The van der Waals surface area contributed by atoms with E-state index in [1.54, 1.807) is 6.92 Å². The van der Waals surface area contributed by atoms with Crippen LogP contribution in [0.4, 0.5) is 13.2 Å². The maximum Gasteiger partial charge on any atom is 0.392 e. The van der Waals surface area contributed by atoms with Gasteiger partial charge in [-0.15, -0.1) is 0 Å². The van der Waals surface area contributed by atoms with Gasteiger partial charge in [0.05, 0.1) is 5.92 Å². The van der Waals surface area contributed by atoms with E-state index < -0.39 is 12.1 Å². The zero-order valence-electron chi connectivity index (χ0n) is 9.49. The van der Waals surface area contributed by atoms with Gasteiger partial charge in [-0.3, -0.25) is 0 Å². The molecular weight excluding hydrogens is 189 g/mol. The van der Waals surface area contributed by atoms with Gasteiger partial charge >= 0.3 is 6.18 Å². The molecule has 0 heterocycles. The van der Waals surface area contributed by atoms with E-state index in [0.717, 1.165) is 0 Å². The van der Waals surface area contributed by atoms with Crippen molar-refractivity contribution in [2.24, 2.45) is 17.8 Å². The van der Waals surface area contributed by atoms with Gasteiger partial charge in [-0.2, -0.15) is 13.2 Å². The van der Waals surface area contributed by atoms with Crippen LogP contribution in [0.2, 0.25) is 0 Å². The summed E-state index contributed by atoms with van der Waals surface area (Å²) < 4.78 is 38.3. The Bertz CT molecular complexity index is 147. The van der Waals surface area contributed by atoms with Crippen molar-refractivity contribution in [3.63, 3.8) is 0 Å². The van der Waals surface area contributed by atoms with Gasteiger partial charge in [-0.05, 0) is 11.8 Å². The molecule has 0 fully saturated rings. The second kappa shape index (κ2) is 5.62. The van der Waals surface area contributed by atoms with Crippen molar-refractivity contribution >= 4 is 0 Å². The molecule has 0 aromatic rings. The quantitative estimate of drug-likeness (QED) is 0.619. The summed E-state index contributed by atoms with van der Waals surface area (Å²) in [5, 5.41) is 0. The summed E-state index contributed by atoms with van der Waals surface area (Å²) in [4.78, 5) is 0. The average molecular weight is 210 g/mol. The first kappa shape index (κ1) is 13.8. The molecule has 0 aliphatic rings. The zero-order chi connectivity index (χ0) is 11.4. The van der Waals surface area contributed by atoms with Crippen molar-refractivity contribution in [1.29, 1.82) is 0 Å². The Hall–Kier alpha value is -0.210. The van der Waals surface area contributed by atoms with Crippen LogP contribution in [-0.4, -0.2) is 6.18 Å². The van der Waals surface area contributed by atoms with E-state index in [0.29, 0.717) is 19.3 Å². The van der Waals surface area contributed by atoms with Crippen LogP contribution in [0.15, 0.2) is 0 Å². The molecule has 0 aromatic heterocycles. The van der Waals surface area contributed by atoms with Crippen LogP contribution in [0.3, 0.4) is 0 Å². The molecule has 0 amide bonds. The number of hydrogen-bond donors (Lipinski definition) is 0. The van der Waals surface area contributed by atoms with Gasteiger partial charge < -0.3 is 0 Å². The maximum atomic E-state index is 12.8. The largest absolute Gasteiger partial charge is 0.392 e. The molecule has 0 aliphatic heterocycles. The molecule has 0 aliphatic carbocycles. The molecule has 0 bridgehead atoms. The molecule has 0 nitrogen and oxygen atoms in total. The highest BCUT2D eigenvalue weighted by atomic mass is 19.4. The van der Waals surface area contributed by atoms with E-state index in [1.807, 2.05) is 20.8 Å². The summed E-state index contributed by atoms with van der Waals surface area (Å²) in [5.74, 6) is -1.60. The second-order valence-electron chi connectivity index (χ2n) is 4.03. The lowest BCUT2D eigenvalue weighted by Gasteiger charge is -2.32. The second-order valence-corrected chi connectivity index (χ2v) is 4.03. The van der Waals surface area contributed by atoms with Crippen molar-refractivity contribution in [2.45, 2.75) is 53.1 Å². The lowest BCUT2D eigenvalue weighted by molar-refractivity contribution is -0.203. The molecule has 0 N–H and O–H groups in total. The predicted octanol–water partition coefficient (Wildman–Crippen LogP) is 4.65. The van der Waals surface area contributed by atoms with Crippen LogP contribution in [0.5, 0.6) is 0 Å². The van der Waals surface area contributed by atoms with Crippen molar-refractivity contribution in [3.8, 4) is 0 Å². The Morgan fingerprint density at radius 3 is 1.57 bits per heavy atom. The number of halogens is 3. The minimum atomic E-state index is -4.04. The van der Waals surface area contributed by atoms with Crippen molar-refractivity contribution in [3.05, 3.63) is 0 Å². The molecule has 0 aromatic carbocycles. The summed E-state index contributed by atoms with van der Waals surface area (Å²) in [5.41, 5.74) is 0. The third-order valence-electron chi connectivity index (χ3n) is 3.19. The number of rotatable bonds is 5. The summed E-state index contributed by atoms with van der Waals surface area (Å²) in [6.07, 6.45) is -2.21. The summed E-state index contributed by atoms with van der Waals surface area (Å²) in [7, 11) is 0. The van der Waals surface area contributed by atoms with Gasteiger partial charge in [0.15, 0.2) is 0 Å². The molecule has 0 rings (SSSR count). The van der Waals surface area contributed by atoms with Crippen LogP contribution in [0, 0.1) is 17.8 Å². The molecule has 86 valence electrons. The Morgan fingerprint density at radius 2 is 1.36 bits per heavy atom. The minimum absolute atomic E-state index is 0.218. The van der Waals surface area contributed by atoms with Gasteiger partial charge in [0, 0.05) is 0 Å². The topological polar surface area (TPSA) is 0 Å². The molecule has 0 saturated carbocycles. The van der Waals surface area contributed by atoms with E-state index in [4.69, 9.17) is 0 Å². The van der Waals surface area contributed by atoms with Crippen LogP contribution < -0.4 is 0 Å². The van der Waals surface area contributed by atoms with Crippen molar-refractivity contribution < 1.29 is 13.2 Å². The fourth-order valence-corrected chi connectivity index (χ4v) is 2.10. The molecule has 0 saturated heterocycles. The van der Waals surface area contributed by atoms with E-state index in [2.05, 4.69) is 0 Å². The minimum Gasteiger partial charge on any atom is -0.171 e. The lowest BCUT2D eigenvalue weighted by atomic mass is 9.78. The number of alkyl halides is 3. The van der Waals surface area contributed by atoms with Crippen LogP contribution in [-0.2, 0) is 0 Å². The van der Waals surface area contributed by atoms with E-state index in [9.17, 15) is 13.2 Å². The Kier molecular flexibility index (Phi) is 5.53. The standard InChI is InChI=1S/C11H21F3/c1-5-8(4)10(11(12,13)14)9(6-2)7-3/h8-10H,5-7H2,1-4H3. The van der Waals surface area contributed by atoms with Crippen LogP contribution in [0.1, 0.15) is 47.0 Å². The highest BCUT2D eigenvalue weighted by Gasteiger charge is 2.45. The zero-order valence-corrected chi connectivity index (χ0v) is 9.49. The normalized spacial score (nSPS) is 17.1. The Labute approximate surface area is 84.9 Å². The SMILES string of the molecule is CCC(C)C(C(CC)CC)C(F)(F)F. The number of hydrogen-bond acceptors (Lipinski definition) is 0. The molecule has 0 spiro atoms. The summed E-state index contributed by atoms with van der Waals surface area (Å²) >= 11 is 0. The Balaban J connectivity index is 4.70. The van der Waals surface area contributed by atoms with Crippen molar-refractivity contribution in [1.82, 2.24) is 0 Å². The molecular formula is C11H21F3. The first-order chi connectivity index (χ1) is 6.38. The molecule has 2 unspecified atom stereocenters. The molecule has 3 heteroatoms. The summed E-state index contributed by atoms with van der Waals surface area (Å²) in [6, 6.07) is 0. The van der Waals surface area contributed by atoms with Crippen molar-refractivity contribution in [2.75, 3.05) is 0 Å². The van der Waals surface area contributed by atoms with E-state index >= 15 is 0 Å². The van der Waals surface area contributed by atoms with E-state index in [-0.39, 0.29) is 11.8 Å². The fourth-order valence-electron chi connectivity index (χ4n) is 2.10. The smallest absolute Gasteiger partial charge is 0.171 e. The first-order valence-electron chi connectivity index (χ1n) is 5.45. The molecule has 14 heavy (non-hydrogen) atoms. The van der Waals surface area contributed by atoms with Gasteiger partial charge in [0.1, 0.15) is 0 Å². The third-order valence-corrected chi connectivity index (χ3v) is 3.19. The summed E-state index contributed by atoms with van der Waals surface area (Å²) in [6.45, 7) is 7.22. The van der Waals surface area contributed by atoms with Gasteiger partial charge in [-0.25, -0.2) is 0 Å². The van der Waals surface area contributed by atoms with Gasteiger partial charge in [-0.1, -0.05) is 47.0 Å². The average Bonchev–Trinajstić information content (AvgIpc) is 2.10. The van der Waals surface area contributed by atoms with Crippen LogP contribution >= 0.6 is 0 Å².